The van der Waals surface area contributed by atoms with E-state index in [9.17, 15) is 0 Å². The summed E-state index contributed by atoms with van der Waals surface area (Å²) < 4.78 is 0. The lowest BCUT2D eigenvalue weighted by Gasteiger charge is -1.96. The van der Waals surface area contributed by atoms with Gasteiger partial charge in [-0.15, -0.1) is 113 Å². The fourth-order valence-corrected chi connectivity index (χ4v) is 19.7. The minimum absolute atomic E-state index is 0.973. The highest BCUT2D eigenvalue weighted by molar-refractivity contribution is 7.25. The van der Waals surface area contributed by atoms with Gasteiger partial charge < -0.3 is 0 Å². The van der Waals surface area contributed by atoms with E-state index in [4.69, 9.17) is 0 Å². The Bertz CT molecular complexity index is 3630. The number of aryl methyl sites for hydroxylation is 4. The van der Waals surface area contributed by atoms with Gasteiger partial charge in [0.2, 0.25) is 0 Å². The van der Waals surface area contributed by atoms with Crippen LogP contribution in [0.3, 0.4) is 0 Å². The lowest BCUT2D eigenvalue weighted by atomic mass is 10.1. The highest BCUT2D eigenvalue weighted by Gasteiger charge is 2.18. The molecule has 0 fully saturated rings. The van der Waals surface area contributed by atoms with Crippen LogP contribution in [-0.4, -0.2) is 0 Å². The smallest absolute Gasteiger partial charge is 0.0792 e. The molecule has 0 unspecified atom stereocenters. The first-order valence-electron chi connectivity index (χ1n) is 29.5. The van der Waals surface area contributed by atoms with Crippen molar-refractivity contribution in [3.63, 3.8) is 0 Å². The van der Waals surface area contributed by atoms with Crippen LogP contribution in [-0.2, 0) is 25.7 Å². The SMILES string of the molecule is CCCCCCc1ccc(-c2ccc(C#Cc3cc(C#Cc4ccc(-c5ccc(CCCCCC)s5)s4)c(-c4sc(C#Cc5ccc(-c6ccc(CCCCCC)s6)s5)cc4C#Cc4ccc(-c5ccc(CCCCCC)s5)s4)s3)s2)s1. The summed E-state index contributed by atoms with van der Waals surface area (Å²) in [6.07, 6.45) is 25.2. The third kappa shape index (κ3) is 17.2. The molecule has 0 nitrogen and oxygen atoms in total. The van der Waals surface area contributed by atoms with E-state index in [1.807, 2.05) is 45.3 Å². The Labute approximate surface area is 529 Å². The summed E-state index contributed by atoms with van der Waals surface area (Å²) in [4.78, 5) is 24.8. The molecule has 10 rings (SSSR count). The zero-order valence-corrected chi connectivity index (χ0v) is 55.8. The maximum atomic E-state index is 3.69. The Hall–Kier alpha value is -4.76. The third-order valence-electron chi connectivity index (χ3n) is 14.1. The summed E-state index contributed by atoms with van der Waals surface area (Å²) in [5, 5.41) is 0. The molecule has 0 aliphatic rings. The lowest BCUT2D eigenvalue weighted by Crippen LogP contribution is -1.80. The summed E-state index contributed by atoms with van der Waals surface area (Å²) >= 11 is 18.3. The molecule has 0 saturated heterocycles. The molecule has 82 heavy (non-hydrogen) atoms. The molecule has 0 aliphatic heterocycles. The molecule has 10 heteroatoms. The van der Waals surface area contributed by atoms with Crippen molar-refractivity contribution in [1.82, 2.24) is 0 Å². The van der Waals surface area contributed by atoms with Crippen LogP contribution >= 0.6 is 113 Å². The number of rotatable bonds is 25. The van der Waals surface area contributed by atoms with E-state index in [-0.39, 0.29) is 0 Å². The van der Waals surface area contributed by atoms with Gasteiger partial charge in [0, 0.05) is 69.7 Å². The van der Waals surface area contributed by atoms with Crippen molar-refractivity contribution in [2.45, 2.75) is 156 Å². The Morgan fingerprint density at radius 1 is 0.232 bits per heavy atom. The van der Waals surface area contributed by atoms with Gasteiger partial charge in [-0.05, 0) is 184 Å². The number of thiophene rings is 10. The molecule has 10 aromatic heterocycles. The number of unbranched alkanes of at least 4 members (excludes halogenated alkanes) is 12. The lowest BCUT2D eigenvalue weighted by molar-refractivity contribution is 0.670. The molecule has 10 aromatic rings. The summed E-state index contributed by atoms with van der Waals surface area (Å²) in [6.45, 7) is 9.12. The van der Waals surface area contributed by atoms with E-state index >= 15 is 0 Å². The first-order chi connectivity index (χ1) is 40.4. The second-order valence-corrected chi connectivity index (χ2v) is 31.8. The molecule has 0 N–H and O–H groups in total. The summed E-state index contributed by atoms with van der Waals surface area (Å²) in [5.74, 6) is 29.0. The first kappa shape index (κ1) is 60.4. The largest absolute Gasteiger partial charge is 0.139 e. The van der Waals surface area contributed by atoms with Gasteiger partial charge >= 0.3 is 0 Å². The topological polar surface area (TPSA) is 0 Å². The van der Waals surface area contributed by atoms with Gasteiger partial charge in [0.15, 0.2) is 0 Å². The number of hydrogen-bond acceptors (Lipinski definition) is 10. The highest BCUT2D eigenvalue weighted by atomic mass is 32.1. The molecule has 0 amide bonds. The molecule has 0 spiro atoms. The van der Waals surface area contributed by atoms with Gasteiger partial charge in [-0.1, -0.05) is 128 Å². The maximum Gasteiger partial charge on any atom is 0.0792 e. The molecule has 0 aromatic carbocycles. The Balaban J connectivity index is 0.975. The van der Waals surface area contributed by atoms with Crippen LogP contribution in [0.2, 0.25) is 0 Å². The van der Waals surface area contributed by atoms with Crippen LogP contribution in [0.15, 0.2) is 109 Å². The van der Waals surface area contributed by atoms with Gasteiger partial charge in [0.05, 0.1) is 39.0 Å². The molecule has 0 atom stereocenters. The van der Waals surface area contributed by atoms with Crippen molar-refractivity contribution in [3.8, 4) is 96.1 Å². The van der Waals surface area contributed by atoms with Gasteiger partial charge in [-0.3, -0.25) is 0 Å². The molecule has 0 bridgehead atoms. The van der Waals surface area contributed by atoms with Crippen molar-refractivity contribution < 1.29 is 0 Å². The Kier molecular flexibility index (Phi) is 23.1. The monoisotopic (exact) mass is 1250 g/mol. The Morgan fingerprint density at radius 2 is 0.476 bits per heavy atom. The van der Waals surface area contributed by atoms with Gasteiger partial charge in [0.25, 0.3) is 0 Å². The molecule has 0 aliphatic carbocycles. The molecule has 0 radical (unpaired) electrons. The average Bonchev–Trinajstić information content (AvgIpc) is 4.45. The van der Waals surface area contributed by atoms with E-state index in [1.54, 1.807) is 68.0 Å². The minimum atomic E-state index is 0.973. The predicted molar refractivity (Wildman–Crippen MR) is 373 cm³/mol. The molecule has 10 heterocycles. The van der Waals surface area contributed by atoms with Crippen LogP contribution in [0, 0.1) is 47.4 Å². The fraction of sp³-hybridized carbons (Fsp3) is 0.333. The summed E-state index contributed by atoms with van der Waals surface area (Å²) in [6, 6.07) is 40.6. The Morgan fingerprint density at radius 3 is 0.756 bits per heavy atom. The van der Waals surface area contributed by atoms with Crippen molar-refractivity contribution in [2.24, 2.45) is 0 Å². The van der Waals surface area contributed by atoms with Gasteiger partial charge in [0.1, 0.15) is 0 Å². The molecular weight excluding hydrogens is 1190 g/mol. The number of hydrogen-bond donors (Lipinski definition) is 0. The quantitative estimate of drug-likeness (QED) is 0.0395. The normalized spacial score (nSPS) is 11.0. The second-order valence-electron chi connectivity index (χ2n) is 20.7. The highest BCUT2D eigenvalue weighted by Crippen LogP contribution is 2.42. The zero-order valence-electron chi connectivity index (χ0n) is 47.6. The predicted octanol–water partition coefficient (Wildman–Crippen LogP) is 24.7. The van der Waals surface area contributed by atoms with Crippen molar-refractivity contribution in [2.75, 3.05) is 0 Å². The zero-order chi connectivity index (χ0) is 56.3. The van der Waals surface area contributed by atoms with E-state index < -0.39 is 0 Å². The minimum Gasteiger partial charge on any atom is -0.139 e. The van der Waals surface area contributed by atoms with E-state index in [0.29, 0.717) is 0 Å². The van der Waals surface area contributed by atoms with E-state index in [2.05, 4.69) is 184 Å². The van der Waals surface area contributed by atoms with E-state index in [0.717, 1.165) is 63.0 Å². The molecular formula is C72H70S10. The average molecular weight is 1260 g/mol. The standard InChI is InChI=1S/C72H70S10/c1-5-9-13-17-21-53-33-41-63(73-53)67-45-37-57(77-67)27-25-51-49-61(31-29-59-39-47-69(79-59)65-43-35-55(75-65)23-19-15-11-7-3)81-71(51)72-52(26-28-58-38-46-68(78-58)64-42-34-54(74-64)22-18-14-10-6-2)50-62(82-72)32-30-60-40-48-70(80-60)66-44-36-56(76-66)24-20-16-12-8-4/h33-50H,5-24H2,1-4H3. The molecule has 418 valence electrons. The van der Waals surface area contributed by atoms with Crippen LogP contribution in [0.4, 0.5) is 0 Å². The van der Waals surface area contributed by atoms with E-state index in [1.165, 1.54) is 174 Å². The van der Waals surface area contributed by atoms with Crippen LogP contribution < -0.4 is 0 Å². The van der Waals surface area contributed by atoms with Crippen LogP contribution in [0.25, 0.3) is 48.8 Å². The van der Waals surface area contributed by atoms with Crippen LogP contribution in [0.1, 0.15) is 190 Å². The van der Waals surface area contributed by atoms with Gasteiger partial charge in [-0.2, -0.15) is 0 Å². The van der Waals surface area contributed by atoms with Crippen molar-refractivity contribution in [1.29, 1.82) is 0 Å². The third-order valence-corrected chi connectivity index (χ3v) is 25.7. The molecule has 0 saturated carbocycles. The second kappa shape index (κ2) is 31.4. The fourth-order valence-electron chi connectivity index (χ4n) is 9.57. The van der Waals surface area contributed by atoms with Crippen molar-refractivity contribution in [3.05, 3.63) is 169 Å². The van der Waals surface area contributed by atoms with Gasteiger partial charge in [-0.25, -0.2) is 0 Å². The summed E-state index contributed by atoms with van der Waals surface area (Å²) in [7, 11) is 0. The van der Waals surface area contributed by atoms with Crippen LogP contribution in [0.5, 0.6) is 0 Å². The summed E-state index contributed by atoms with van der Waals surface area (Å²) in [5.41, 5.74) is 1.95. The maximum absolute atomic E-state index is 3.69. The first-order valence-corrected chi connectivity index (χ1v) is 37.7. The van der Waals surface area contributed by atoms with Crippen molar-refractivity contribution >= 4 is 113 Å².